The summed E-state index contributed by atoms with van der Waals surface area (Å²) in [7, 11) is 0. The Balaban J connectivity index is 2.27. The van der Waals surface area contributed by atoms with Crippen molar-refractivity contribution < 1.29 is 23.4 Å². The molecule has 0 spiro atoms. The summed E-state index contributed by atoms with van der Waals surface area (Å²) in [5.41, 5.74) is -0.385. The van der Waals surface area contributed by atoms with E-state index in [0.29, 0.717) is 13.2 Å². The Morgan fingerprint density at radius 1 is 1.38 bits per heavy atom. The van der Waals surface area contributed by atoms with Gasteiger partial charge in [0.05, 0.1) is 28.9 Å². The first-order valence-electron chi connectivity index (χ1n) is 4.54. The highest BCUT2D eigenvalue weighted by atomic mass is 32.2. The molecule has 0 unspecified atom stereocenters. The van der Waals surface area contributed by atoms with Crippen LogP contribution in [-0.4, -0.2) is 29.5 Å². The van der Waals surface area contributed by atoms with Crippen LogP contribution >= 0.6 is 11.8 Å². The van der Waals surface area contributed by atoms with Crippen LogP contribution in [0.25, 0.3) is 0 Å². The fourth-order valence-electron chi connectivity index (χ4n) is 1.24. The van der Waals surface area contributed by atoms with Gasteiger partial charge in [-0.25, -0.2) is 13.6 Å². The molecule has 0 radical (unpaired) electrons. The van der Waals surface area contributed by atoms with E-state index in [9.17, 15) is 13.6 Å². The lowest BCUT2D eigenvalue weighted by molar-refractivity contribution is 0.0454. The van der Waals surface area contributed by atoms with E-state index in [1.807, 2.05) is 0 Å². The van der Waals surface area contributed by atoms with Gasteiger partial charge in [0, 0.05) is 0 Å². The number of carboxylic acid groups (broad SMARTS) is 1. The van der Waals surface area contributed by atoms with Crippen molar-refractivity contribution in [2.45, 2.75) is 10.1 Å². The normalized spacial score (nSPS) is 15.9. The number of halogens is 2. The van der Waals surface area contributed by atoms with Crippen LogP contribution in [0, 0.1) is 11.6 Å². The SMILES string of the molecule is O=C(O)c1cc(F)c(SC2COC2)c(F)c1. The van der Waals surface area contributed by atoms with E-state index in [1.54, 1.807) is 0 Å². The molecule has 3 nitrogen and oxygen atoms in total. The molecule has 0 saturated carbocycles. The number of aromatic carboxylic acids is 1. The molecular formula is C10H8F2O3S. The van der Waals surface area contributed by atoms with Crippen LogP contribution in [0.15, 0.2) is 17.0 Å². The minimum absolute atomic E-state index is 0.0414. The van der Waals surface area contributed by atoms with Gasteiger partial charge in [0.2, 0.25) is 0 Å². The molecular weight excluding hydrogens is 238 g/mol. The quantitative estimate of drug-likeness (QED) is 0.887. The van der Waals surface area contributed by atoms with Gasteiger partial charge in [0.25, 0.3) is 0 Å². The predicted molar refractivity (Wildman–Crippen MR) is 53.8 cm³/mol. The van der Waals surface area contributed by atoms with Crippen LogP contribution in [0.4, 0.5) is 8.78 Å². The summed E-state index contributed by atoms with van der Waals surface area (Å²) in [5, 5.41) is 8.65. The van der Waals surface area contributed by atoms with Crippen molar-refractivity contribution in [3.63, 3.8) is 0 Å². The zero-order valence-corrected chi connectivity index (χ0v) is 8.89. The van der Waals surface area contributed by atoms with Gasteiger partial charge in [-0.2, -0.15) is 0 Å². The van der Waals surface area contributed by atoms with Gasteiger partial charge in [-0.15, -0.1) is 11.8 Å². The topological polar surface area (TPSA) is 46.5 Å². The summed E-state index contributed by atoms with van der Waals surface area (Å²) < 4.78 is 31.7. The Labute approximate surface area is 94.4 Å². The van der Waals surface area contributed by atoms with E-state index in [1.165, 1.54) is 0 Å². The zero-order chi connectivity index (χ0) is 11.7. The summed E-state index contributed by atoms with van der Waals surface area (Å²) in [6.07, 6.45) is 0. The van der Waals surface area contributed by atoms with Gasteiger partial charge in [0.1, 0.15) is 11.6 Å². The molecule has 0 aromatic heterocycles. The van der Waals surface area contributed by atoms with Gasteiger partial charge >= 0.3 is 5.97 Å². The number of rotatable bonds is 3. The van der Waals surface area contributed by atoms with Crippen molar-refractivity contribution in [3.05, 3.63) is 29.3 Å². The molecule has 0 aliphatic carbocycles. The van der Waals surface area contributed by atoms with Crippen molar-refractivity contribution in [2.75, 3.05) is 13.2 Å². The highest BCUT2D eigenvalue weighted by Crippen LogP contribution is 2.32. The highest BCUT2D eigenvalue weighted by molar-refractivity contribution is 8.00. The van der Waals surface area contributed by atoms with Gasteiger partial charge in [0.15, 0.2) is 0 Å². The third-order valence-corrected chi connectivity index (χ3v) is 3.37. The summed E-state index contributed by atoms with van der Waals surface area (Å²) in [6, 6.07) is 1.65. The number of carboxylic acids is 1. The maximum absolute atomic E-state index is 13.4. The van der Waals surface area contributed by atoms with E-state index in [4.69, 9.17) is 9.84 Å². The Morgan fingerprint density at radius 3 is 2.31 bits per heavy atom. The predicted octanol–water partition coefficient (Wildman–Crippen LogP) is 2.15. The number of benzene rings is 1. The van der Waals surface area contributed by atoms with Crippen LogP contribution < -0.4 is 0 Å². The molecule has 1 N–H and O–H groups in total. The van der Waals surface area contributed by atoms with E-state index in [2.05, 4.69) is 0 Å². The monoisotopic (exact) mass is 246 g/mol. The lowest BCUT2D eigenvalue weighted by Gasteiger charge is -2.25. The number of hydrogen-bond acceptors (Lipinski definition) is 3. The van der Waals surface area contributed by atoms with Crippen LogP contribution in [0.1, 0.15) is 10.4 Å². The van der Waals surface area contributed by atoms with Crippen molar-refractivity contribution in [1.82, 2.24) is 0 Å². The number of hydrogen-bond donors (Lipinski definition) is 1. The zero-order valence-electron chi connectivity index (χ0n) is 8.07. The fourth-order valence-corrected chi connectivity index (χ4v) is 2.25. The standard InChI is InChI=1S/C10H8F2O3S/c11-7-1-5(10(13)14)2-8(12)9(7)16-6-3-15-4-6/h1-2,6H,3-4H2,(H,13,14). The molecule has 86 valence electrons. The fraction of sp³-hybridized carbons (Fsp3) is 0.300. The Morgan fingerprint density at radius 2 is 1.94 bits per heavy atom. The Kier molecular flexibility index (Phi) is 3.11. The first kappa shape index (κ1) is 11.3. The lowest BCUT2D eigenvalue weighted by atomic mass is 10.2. The van der Waals surface area contributed by atoms with Crippen molar-refractivity contribution in [1.29, 1.82) is 0 Å². The third-order valence-electron chi connectivity index (χ3n) is 2.14. The molecule has 1 saturated heterocycles. The van der Waals surface area contributed by atoms with Crippen molar-refractivity contribution in [2.24, 2.45) is 0 Å². The first-order chi connectivity index (χ1) is 7.58. The second kappa shape index (κ2) is 4.39. The maximum atomic E-state index is 13.4. The van der Waals surface area contributed by atoms with Gasteiger partial charge in [-0.3, -0.25) is 0 Å². The summed E-state index contributed by atoms with van der Waals surface area (Å²) >= 11 is 1.04. The number of ether oxygens (including phenoxy) is 1. The summed E-state index contributed by atoms with van der Waals surface area (Å²) in [5.74, 6) is -3.02. The minimum Gasteiger partial charge on any atom is -0.478 e. The molecule has 16 heavy (non-hydrogen) atoms. The largest absolute Gasteiger partial charge is 0.478 e. The molecule has 1 fully saturated rings. The molecule has 1 aromatic carbocycles. The second-order valence-electron chi connectivity index (χ2n) is 3.35. The van der Waals surface area contributed by atoms with Crippen LogP contribution in [0.2, 0.25) is 0 Å². The Bertz CT molecular complexity index is 409. The molecule has 0 bridgehead atoms. The summed E-state index contributed by atoms with van der Waals surface area (Å²) in [4.78, 5) is 10.4. The first-order valence-corrected chi connectivity index (χ1v) is 5.42. The smallest absolute Gasteiger partial charge is 0.335 e. The maximum Gasteiger partial charge on any atom is 0.335 e. The van der Waals surface area contributed by atoms with E-state index in [-0.39, 0.29) is 15.7 Å². The molecule has 6 heteroatoms. The average molecular weight is 246 g/mol. The van der Waals surface area contributed by atoms with Gasteiger partial charge < -0.3 is 9.84 Å². The van der Waals surface area contributed by atoms with Crippen LogP contribution in [0.5, 0.6) is 0 Å². The van der Waals surface area contributed by atoms with E-state index in [0.717, 1.165) is 23.9 Å². The second-order valence-corrected chi connectivity index (χ2v) is 4.66. The molecule has 1 aromatic rings. The van der Waals surface area contributed by atoms with Crippen molar-refractivity contribution >= 4 is 17.7 Å². The van der Waals surface area contributed by atoms with Gasteiger partial charge in [-0.05, 0) is 12.1 Å². The van der Waals surface area contributed by atoms with Gasteiger partial charge in [-0.1, -0.05) is 0 Å². The third kappa shape index (κ3) is 2.17. The van der Waals surface area contributed by atoms with E-state index >= 15 is 0 Å². The number of thioether (sulfide) groups is 1. The molecule has 1 aliphatic heterocycles. The number of carbonyl (C=O) groups is 1. The minimum atomic E-state index is -1.35. The average Bonchev–Trinajstić information content (AvgIpc) is 2.13. The van der Waals surface area contributed by atoms with Crippen LogP contribution in [-0.2, 0) is 4.74 Å². The molecule has 1 heterocycles. The molecule has 1 aliphatic rings. The Hall–Kier alpha value is -1.14. The van der Waals surface area contributed by atoms with Crippen molar-refractivity contribution in [3.8, 4) is 0 Å². The lowest BCUT2D eigenvalue weighted by Crippen LogP contribution is -2.30. The summed E-state index contributed by atoms with van der Waals surface area (Å²) in [6.45, 7) is 0.925. The molecule has 0 amide bonds. The molecule has 0 atom stereocenters. The highest BCUT2D eigenvalue weighted by Gasteiger charge is 2.24. The van der Waals surface area contributed by atoms with Crippen LogP contribution in [0.3, 0.4) is 0 Å². The van der Waals surface area contributed by atoms with E-state index < -0.39 is 17.6 Å². The molecule has 2 rings (SSSR count).